The second kappa shape index (κ2) is 6.32. The Morgan fingerprint density at radius 3 is 2.80 bits per heavy atom. The molecule has 104 valence electrons. The van der Waals surface area contributed by atoms with Gasteiger partial charge in [-0.1, -0.05) is 0 Å². The minimum absolute atomic E-state index is 0.226. The fourth-order valence-corrected chi connectivity index (χ4v) is 1.42. The summed E-state index contributed by atoms with van der Waals surface area (Å²) in [6.45, 7) is 2.25. The molecule has 0 aliphatic rings. The Morgan fingerprint density at radius 1 is 1.35 bits per heavy atom. The highest BCUT2D eigenvalue weighted by Gasteiger charge is 2.10. The van der Waals surface area contributed by atoms with Gasteiger partial charge in [0.2, 0.25) is 5.88 Å². The van der Waals surface area contributed by atoms with Crippen LogP contribution in [0.2, 0.25) is 0 Å². The maximum absolute atomic E-state index is 11.8. The van der Waals surface area contributed by atoms with Crippen LogP contribution in [-0.4, -0.2) is 27.5 Å². The average molecular weight is 274 g/mol. The van der Waals surface area contributed by atoms with Crippen molar-refractivity contribution >= 4 is 17.4 Å². The first-order chi connectivity index (χ1) is 9.72. The van der Waals surface area contributed by atoms with Gasteiger partial charge in [0, 0.05) is 18.0 Å². The van der Waals surface area contributed by atoms with E-state index >= 15 is 0 Å². The van der Waals surface area contributed by atoms with Crippen molar-refractivity contribution in [2.24, 2.45) is 0 Å². The first-order valence-electron chi connectivity index (χ1n) is 5.92. The second-order valence-electron chi connectivity index (χ2n) is 3.69. The molecule has 8 nitrogen and oxygen atoms in total. The average Bonchev–Trinajstić information content (AvgIpc) is 2.49. The number of hydrogen-bond acceptors (Lipinski definition) is 7. The Kier molecular flexibility index (Phi) is 4.28. The second-order valence-corrected chi connectivity index (χ2v) is 3.69. The Bertz CT molecular complexity index is 590. The SMILES string of the molecule is CCOc1ncnc(NNC(=O)c2ccncc2)c1N. The summed E-state index contributed by atoms with van der Waals surface area (Å²) < 4.78 is 5.23. The molecule has 0 aliphatic carbocycles. The van der Waals surface area contributed by atoms with Crippen LogP contribution in [-0.2, 0) is 0 Å². The number of aromatic nitrogens is 3. The number of anilines is 2. The third-order valence-electron chi connectivity index (χ3n) is 2.37. The number of carbonyl (C=O) groups is 1. The molecule has 0 radical (unpaired) electrons. The zero-order valence-electron chi connectivity index (χ0n) is 10.8. The highest BCUT2D eigenvalue weighted by molar-refractivity contribution is 5.94. The monoisotopic (exact) mass is 274 g/mol. The molecule has 0 fully saturated rings. The van der Waals surface area contributed by atoms with Gasteiger partial charge in [-0.25, -0.2) is 4.98 Å². The lowest BCUT2D eigenvalue weighted by Gasteiger charge is -2.11. The number of hydrazine groups is 1. The van der Waals surface area contributed by atoms with Crippen LogP contribution in [0.25, 0.3) is 0 Å². The van der Waals surface area contributed by atoms with Gasteiger partial charge in [0.1, 0.15) is 12.0 Å². The van der Waals surface area contributed by atoms with Crippen molar-refractivity contribution in [3.8, 4) is 5.88 Å². The molecule has 0 aromatic carbocycles. The van der Waals surface area contributed by atoms with Crippen LogP contribution in [0, 0.1) is 0 Å². The van der Waals surface area contributed by atoms with E-state index in [2.05, 4.69) is 25.8 Å². The third-order valence-corrected chi connectivity index (χ3v) is 2.37. The largest absolute Gasteiger partial charge is 0.476 e. The standard InChI is InChI=1S/C12H14N6O2/c1-2-20-12-9(13)10(15-7-16-12)17-18-11(19)8-3-5-14-6-4-8/h3-7H,2,13H2,1H3,(H,18,19)(H,15,16,17). The van der Waals surface area contributed by atoms with Gasteiger partial charge in [-0.2, -0.15) is 4.98 Å². The van der Waals surface area contributed by atoms with E-state index in [4.69, 9.17) is 10.5 Å². The molecule has 20 heavy (non-hydrogen) atoms. The number of nitrogens with one attached hydrogen (secondary N) is 2. The number of nitrogens with two attached hydrogens (primary N) is 1. The molecular weight excluding hydrogens is 260 g/mol. The molecule has 0 aliphatic heterocycles. The lowest BCUT2D eigenvalue weighted by Crippen LogP contribution is -2.30. The van der Waals surface area contributed by atoms with Gasteiger partial charge in [-0.15, -0.1) is 0 Å². The van der Waals surface area contributed by atoms with Crippen LogP contribution in [0.1, 0.15) is 17.3 Å². The van der Waals surface area contributed by atoms with Crippen molar-refractivity contribution in [2.75, 3.05) is 17.8 Å². The number of ether oxygens (including phenoxy) is 1. The number of carbonyl (C=O) groups excluding carboxylic acids is 1. The van der Waals surface area contributed by atoms with Crippen LogP contribution in [0.4, 0.5) is 11.5 Å². The molecule has 2 rings (SSSR count). The predicted molar refractivity (Wildman–Crippen MR) is 72.9 cm³/mol. The first kappa shape index (κ1) is 13.5. The maximum atomic E-state index is 11.8. The molecule has 0 atom stereocenters. The number of amides is 1. The summed E-state index contributed by atoms with van der Waals surface area (Å²) in [7, 11) is 0. The van der Waals surface area contributed by atoms with Crippen LogP contribution in [0.15, 0.2) is 30.9 Å². The first-order valence-corrected chi connectivity index (χ1v) is 5.92. The number of nitrogens with zero attached hydrogens (tertiary/aromatic N) is 3. The fraction of sp³-hybridized carbons (Fsp3) is 0.167. The van der Waals surface area contributed by atoms with E-state index in [1.807, 2.05) is 6.92 Å². The van der Waals surface area contributed by atoms with E-state index in [9.17, 15) is 4.79 Å². The smallest absolute Gasteiger partial charge is 0.269 e. The lowest BCUT2D eigenvalue weighted by molar-refractivity contribution is 0.0962. The molecule has 2 aromatic heterocycles. The normalized spacial score (nSPS) is 9.85. The van der Waals surface area contributed by atoms with Crippen molar-refractivity contribution in [2.45, 2.75) is 6.92 Å². The highest BCUT2D eigenvalue weighted by atomic mass is 16.5. The molecule has 0 saturated heterocycles. The molecule has 2 aromatic rings. The summed E-state index contributed by atoms with van der Waals surface area (Å²) in [6, 6.07) is 3.18. The summed E-state index contributed by atoms with van der Waals surface area (Å²) in [5, 5.41) is 0. The van der Waals surface area contributed by atoms with E-state index in [0.29, 0.717) is 12.2 Å². The zero-order valence-corrected chi connectivity index (χ0v) is 10.8. The topological polar surface area (TPSA) is 115 Å². The van der Waals surface area contributed by atoms with Crippen LogP contribution in [0.3, 0.4) is 0 Å². The fourth-order valence-electron chi connectivity index (χ4n) is 1.42. The quantitative estimate of drug-likeness (QED) is 0.684. The number of pyridine rings is 1. The third kappa shape index (κ3) is 3.10. The van der Waals surface area contributed by atoms with E-state index < -0.39 is 0 Å². The zero-order chi connectivity index (χ0) is 14.4. The van der Waals surface area contributed by atoms with Gasteiger partial charge in [0.05, 0.1) is 6.61 Å². The van der Waals surface area contributed by atoms with Crippen LogP contribution in [0.5, 0.6) is 5.88 Å². The van der Waals surface area contributed by atoms with E-state index in [-0.39, 0.29) is 23.3 Å². The van der Waals surface area contributed by atoms with E-state index in [1.165, 1.54) is 18.7 Å². The summed E-state index contributed by atoms with van der Waals surface area (Å²) in [4.78, 5) is 23.5. The van der Waals surface area contributed by atoms with Crippen molar-refractivity contribution in [3.63, 3.8) is 0 Å². The Balaban J connectivity index is 2.04. The number of rotatable bonds is 5. The van der Waals surface area contributed by atoms with Crippen LogP contribution >= 0.6 is 0 Å². The van der Waals surface area contributed by atoms with E-state index in [0.717, 1.165) is 0 Å². The molecule has 0 spiro atoms. The predicted octanol–water partition coefficient (Wildman–Crippen LogP) is 0.609. The van der Waals surface area contributed by atoms with Gasteiger partial charge in [-0.3, -0.25) is 20.6 Å². The Labute approximate surface area is 115 Å². The van der Waals surface area contributed by atoms with Crippen LogP contribution < -0.4 is 21.3 Å². The molecule has 2 heterocycles. The summed E-state index contributed by atoms with van der Waals surface area (Å²) >= 11 is 0. The molecule has 8 heteroatoms. The Morgan fingerprint density at radius 2 is 2.10 bits per heavy atom. The van der Waals surface area contributed by atoms with Gasteiger partial charge >= 0.3 is 0 Å². The molecule has 1 amide bonds. The van der Waals surface area contributed by atoms with Gasteiger partial charge in [-0.05, 0) is 19.1 Å². The molecule has 0 unspecified atom stereocenters. The lowest BCUT2D eigenvalue weighted by atomic mass is 10.3. The van der Waals surface area contributed by atoms with Crippen molar-refractivity contribution in [3.05, 3.63) is 36.4 Å². The minimum atomic E-state index is -0.330. The van der Waals surface area contributed by atoms with Gasteiger partial charge in [0.25, 0.3) is 5.91 Å². The van der Waals surface area contributed by atoms with Crippen molar-refractivity contribution in [1.29, 1.82) is 0 Å². The minimum Gasteiger partial charge on any atom is -0.476 e. The molecular formula is C12H14N6O2. The number of nitrogen functional groups attached to an aromatic ring is 1. The maximum Gasteiger partial charge on any atom is 0.269 e. The van der Waals surface area contributed by atoms with Crippen molar-refractivity contribution < 1.29 is 9.53 Å². The summed E-state index contributed by atoms with van der Waals surface area (Å²) in [6.07, 6.45) is 4.35. The van der Waals surface area contributed by atoms with Gasteiger partial charge in [0.15, 0.2) is 5.82 Å². The van der Waals surface area contributed by atoms with Gasteiger partial charge < -0.3 is 10.5 Å². The molecule has 0 bridgehead atoms. The molecule has 4 N–H and O–H groups in total. The highest BCUT2D eigenvalue weighted by Crippen LogP contribution is 2.23. The summed E-state index contributed by atoms with van der Waals surface area (Å²) in [5.41, 5.74) is 11.6. The van der Waals surface area contributed by atoms with E-state index in [1.54, 1.807) is 12.1 Å². The Hall–Kier alpha value is -2.90. The summed E-state index contributed by atoms with van der Waals surface area (Å²) in [5.74, 6) is 0.206. The number of hydrogen-bond donors (Lipinski definition) is 3. The molecule has 0 saturated carbocycles. The van der Waals surface area contributed by atoms with Crippen molar-refractivity contribution in [1.82, 2.24) is 20.4 Å².